The normalized spacial score (nSPS) is 17.4. The molecule has 8 heteroatoms. The summed E-state index contributed by atoms with van der Waals surface area (Å²) in [6, 6.07) is 7.06. The zero-order valence-electron chi connectivity index (χ0n) is 15.2. The van der Waals surface area contributed by atoms with Crippen molar-refractivity contribution in [2.45, 2.75) is 38.9 Å². The molecule has 1 heterocycles. The Morgan fingerprint density at radius 3 is 2.62 bits per heavy atom. The largest absolute Gasteiger partial charge is 0.490 e. The number of carbonyl (C=O) groups excluding carboxylic acids is 2. The molecule has 0 bridgehead atoms. The van der Waals surface area contributed by atoms with Gasteiger partial charge in [-0.3, -0.25) is 20.4 Å². The first kappa shape index (κ1) is 20.0. The highest BCUT2D eigenvalue weighted by Crippen LogP contribution is 2.26. The van der Waals surface area contributed by atoms with Gasteiger partial charge in [0.05, 0.1) is 19.3 Å². The molecule has 0 spiro atoms. The molecule has 1 fully saturated rings. The monoisotopic (exact) mass is 366 g/mol. The van der Waals surface area contributed by atoms with Crippen LogP contribution in [-0.4, -0.2) is 50.4 Å². The molecule has 1 aromatic rings. The molecular formula is C18H26N2O6. The molecule has 26 heavy (non-hydrogen) atoms. The van der Waals surface area contributed by atoms with Crippen molar-refractivity contribution in [2.75, 3.05) is 26.4 Å². The van der Waals surface area contributed by atoms with Crippen LogP contribution in [0.5, 0.6) is 11.5 Å². The maximum atomic E-state index is 11.9. The van der Waals surface area contributed by atoms with Gasteiger partial charge in [-0.2, -0.15) is 0 Å². The van der Waals surface area contributed by atoms with Crippen LogP contribution in [0.4, 0.5) is 0 Å². The van der Waals surface area contributed by atoms with Crippen LogP contribution < -0.4 is 20.3 Å². The number of hydrazine groups is 1. The van der Waals surface area contributed by atoms with Crippen molar-refractivity contribution in [3.63, 3.8) is 0 Å². The van der Waals surface area contributed by atoms with Crippen LogP contribution in [-0.2, 0) is 19.1 Å². The lowest BCUT2D eigenvalue weighted by Crippen LogP contribution is -2.48. The number of nitrogens with one attached hydrogen (secondary N) is 2. The first-order valence-electron chi connectivity index (χ1n) is 8.76. The Labute approximate surface area is 153 Å². The van der Waals surface area contributed by atoms with E-state index in [0.29, 0.717) is 24.7 Å². The Morgan fingerprint density at radius 1 is 1.23 bits per heavy atom. The van der Waals surface area contributed by atoms with Crippen molar-refractivity contribution in [1.82, 2.24) is 10.9 Å². The zero-order valence-corrected chi connectivity index (χ0v) is 15.2. The standard InChI is InChI=1S/C18H26N2O6/c1-3-23-15-8-4-5-9-16(15)26-12-17(21)19-20-18(22)13(2)25-11-14-7-6-10-24-14/h4-5,8-9,13-14H,3,6-7,10-12H2,1-2H3,(H,19,21)(H,20,22). The zero-order chi connectivity index (χ0) is 18.8. The second kappa shape index (κ2) is 10.6. The average Bonchev–Trinajstić information content (AvgIpc) is 3.17. The Bertz CT molecular complexity index is 589. The highest BCUT2D eigenvalue weighted by Gasteiger charge is 2.20. The molecule has 2 N–H and O–H groups in total. The molecule has 0 saturated carbocycles. The Morgan fingerprint density at radius 2 is 1.96 bits per heavy atom. The lowest BCUT2D eigenvalue weighted by molar-refractivity contribution is -0.138. The van der Waals surface area contributed by atoms with E-state index in [0.717, 1.165) is 19.4 Å². The number of amides is 2. The third-order valence-corrected chi connectivity index (χ3v) is 3.76. The summed E-state index contributed by atoms with van der Waals surface area (Å²) in [4.78, 5) is 23.7. The molecule has 1 aliphatic rings. The summed E-state index contributed by atoms with van der Waals surface area (Å²) in [7, 11) is 0. The Kier molecular flexibility index (Phi) is 8.17. The lowest BCUT2D eigenvalue weighted by atomic mass is 10.2. The summed E-state index contributed by atoms with van der Waals surface area (Å²) in [5.41, 5.74) is 4.62. The SMILES string of the molecule is CCOc1ccccc1OCC(=O)NNC(=O)C(C)OCC1CCCO1. The van der Waals surface area contributed by atoms with Crippen LogP contribution in [0.15, 0.2) is 24.3 Å². The smallest absolute Gasteiger partial charge is 0.276 e. The lowest BCUT2D eigenvalue weighted by Gasteiger charge is -2.16. The summed E-state index contributed by atoms with van der Waals surface area (Å²) in [6.45, 7) is 4.81. The summed E-state index contributed by atoms with van der Waals surface area (Å²) < 4.78 is 21.7. The van der Waals surface area contributed by atoms with E-state index in [4.69, 9.17) is 18.9 Å². The third-order valence-electron chi connectivity index (χ3n) is 3.76. The van der Waals surface area contributed by atoms with Crippen molar-refractivity contribution in [2.24, 2.45) is 0 Å². The van der Waals surface area contributed by atoms with E-state index in [1.807, 2.05) is 13.0 Å². The van der Waals surface area contributed by atoms with Gasteiger partial charge < -0.3 is 18.9 Å². The highest BCUT2D eigenvalue weighted by molar-refractivity contribution is 5.84. The summed E-state index contributed by atoms with van der Waals surface area (Å²) in [6.07, 6.45) is 1.29. The molecule has 8 nitrogen and oxygen atoms in total. The highest BCUT2D eigenvalue weighted by atomic mass is 16.5. The van der Waals surface area contributed by atoms with E-state index in [9.17, 15) is 9.59 Å². The maximum absolute atomic E-state index is 11.9. The van der Waals surface area contributed by atoms with Gasteiger partial charge in [0, 0.05) is 6.61 Å². The quantitative estimate of drug-likeness (QED) is 0.638. The number of hydrogen-bond acceptors (Lipinski definition) is 6. The van der Waals surface area contributed by atoms with Gasteiger partial charge >= 0.3 is 0 Å². The van der Waals surface area contributed by atoms with E-state index in [1.54, 1.807) is 25.1 Å². The summed E-state index contributed by atoms with van der Waals surface area (Å²) in [5, 5.41) is 0. The van der Waals surface area contributed by atoms with Gasteiger partial charge in [-0.05, 0) is 38.8 Å². The minimum Gasteiger partial charge on any atom is -0.490 e. The molecule has 1 saturated heterocycles. The number of para-hydroxylation sites is 2. The van der Waals surface area contributed by atoms with Crippen LogP contribution in [0, 0.1) is 0 Å². The van der Waals surface area contributed by atoms with Gasteiger partial charge in [0.15, 0.2) is 18.1 Å². The second-order valence-electron chi connectivity index (χ2n) is 5.82. The Balaban J connectivity index is 1.66. The van der Waals surface area contributed by atoms with Gasteiger partial charge in [-0.1, -0.05) is 12.1 Å². The maximum Gasteiger partial charge on any atom is 0.276 e. The van der Waals surface area contributed by atoms with Gasteiger partial charge in [-0.15, -0.1) is 0 Å². The number of benzene rings is 1. The van der Waals surface area contributed by atoms with E-state index >= 15 is 0 Å². The fourth-order valence-corrected chi connectivity index (χ4v) is 2.36. The van der Waals surface area contributed by atoms with Gasteiger partial charge in [-0.25, -0.2) is 0 Å². The number of rotatable bonds is 9. The summed E-state index contributed by atoms with van der Waals surface area (Å²) in [5.74, 6) is 0.0918. The summed E-state index contributed by atoms with van der Waals surface area (Å²) >= 11 is 0. The average molecular weight is 366 g/mol. The number of ether oxygens (including phenoxy) is 4. The molecule has 0 radical (unpaired) electrons. The molecule has 1 aliphatic heterocycles. The van der Waals surface area contributed by atoms with Crippen molar-refractivity contribution in [3.05, 3.63) is 24.3 Å². The Hall–Kier alpha value is -2.32. The predicted molar refractivity (Wildman–Crippen MR) is 93.8 cm³/mol. The topological polar surface area (TPSA) is 95.1 Å². The van der Waals surface area contributed by atoms with Gasteiger partial charge in [0.1, 0.15) is 6.10 Å². The molecular weight excluding hydrogens is 340 g/mol. The molecule has 0 aromatic heterocycles. The molecule has 2 unspecified atom stereocenters. The third kappa shape index (κ3) is 6.53. The molecule has 2 rings (SSSR count). The number of hydrogen-bond donors (Lipinski definition) is 2. The van der Waals surface area contributed by atoms with E-state index in [-0.39, 0.29) is 12.7 Å². The van der Waals surface area contributed by atoms with Crippen LogP contribution >= 0.6 is 0 Å². The van der Waals surface area contributed by atoms with Crippen LogP contribution in [0.3, 0.4) is 0 Å². The molecule has 1 aromatic carbocycles. The van der Waals surface area contributed by atoms with E-state index < -0.39 is 17.9 Å². The van der Waals surface area contributed by atoms with Crippen LogP contribution in [0.25, 0.3) is 0 Å². The molecule has 0 aliphatic carbocycles. The number of carbonyl (C=O) groups is 2. The van der Waals surface area contributed by atoms with Crippen molar-refractivity contribution in [1.29, 1.82) is 0 Å². The van der Waals surface area contributed by atoms with E-state index in [1.165, 1.54) is 0 Å². The van der Waals surface area contributed by atoms with Crippen molar-refractivity contribution >= 4 is 11.8 Å². The molecule has 2 atom stereocenters. The van der Waals surface area contributed by atoms with Crippen molar-refractivity contribution in [3.8, 4) is 11.5 Å². The van der Waals surface area contributed by atoms with Gasteiger partial charge in [0.25, 0.3) is 11.8 Å². The molecule has 2 amide bonds. The van der Waals surface area contributed by atoms with Crippen LogP contribution in [0.1, 0.15) is 26.7 Å². The first-order chi connectivity index (χ1) is 12.6. The minimum absolute atomic E-state index is 0.0404. The second-order valence-corrected chi connectivity index (χ2v) is 5.82. The van der Waals surface area contributed by atoms with Crippen LogP contribution in [0.2, 0.25) is 0 Å². The van der Waals surface area contributed by atoms with E-state index in [2.05, 4.69) is 10.9 Å². The first-order valence-corrected chi connectivity index (χ1v) is 8.76. The van der Waals surface area contributed by atoms with Gasteiger partial charge in [0.2, 0.25) is 0 Å². The predicted octanol–water partition coefficient (Wildman–Crippen LogP) is 1.20. The fourth-order valence-electron chi connectivity index (χ4n) is 2.36. The molecule has 144 valence electrons. The van der Waals surface area contributed by atoms with Crippen molar-refractivity contribution < 1.29 is 28.5 Å². The minimum atomic E-state index is -0.695. The fraction of sp³-hybridized carbons (Fsp3) is 0.556.